The van der Waals surface area contributed by atoms with Gasteiger partial charge in [-0.3, -0.25) is 15.1 Å². The van der Waals surface area contributed by atoms with Crippen molar-refractivity contribution in [1.82, 2.24) is 4.72 Å². The Hall–Kier alpha value is -3.19. The Kier molecular flexibility index (Phi) is 4.73. The van der Waals surface area contributed by atoms with Crippen molar-refractivity contribution in [2.75, 3.05) is 0 Å². The number of hydrogen-bond acceptors (Lipinski definition) is 5. The molecule has 0 spiro atoms. The molecule has 7 heteroatoms. The summed E-state index contributed by atoms with van der Waals surface area (Å²) in [6.45, 7) is 1.35. The third-order valence-corrected chi connectivity index (χ3v) is 5.19. The predicted octanol–water partition coefficient (Wildman–Crippen LogP) is 3.57. The van der Waals surface area contributed by atoms with Gasteiger partial charge in [-0.15, -0.1) is 0 Å². The van der Waals surface area contributed by atoms with Crippen molar-refractivity contribution >= 4 is 38.5 Å². The number of aromatic hydroxyl groups is 1. The Morgan fingerprint density at radius 3 is 2.46 bits per heavy atom. The van der Waals surface area contributed by atoms with Gasteiger partial charge in [0, 0.05) is 11.8 Å². The second-order valence-electron chi connectivity index (χ2n) is 5.70. The zero-order chi connectivity index (χ0) is 18.7. The fourth-order valence-corrected chi connectivity index (χ4v) is 3.55. The van der Waals surface area contributed by atoms with Gasteiger partial charge in [0.25, 0.3) is 10.0 Å². The van der Waals surface area contributed by atoms with Gasteiger partial charge < -0.3 is 5.11 Å². The number of fused-ring (bicyclic) bond motifs is 1. The van der Waals surface area contributed by atoms with E-state index >= 15 is 0 Å². The normalized spacial score (nSPS) is 11.7. The minimum Gasteiger partial charge on any atom is -0.507 e. The summed E-state index contributed by atoms with van der Waals surface area (Å²) in [6.07, 6.45) is 1.56. The Labute approximate surface area is 151 Å². The van der Waals surface area contributed by atoms with Gasteiger partial charge in [-0.05, 0) is 48.0 Å². The number of nitrogens with one attached hydrogen (secondary N) is 2. The molecule has 0 unspecified atom stereocenters. The summed E-state index contributed by atoms with van der Waals surface area (Å²) in [5, 5.41) is 19.2. The van der Waals surface area contributed by atoms with Crippen molar-refractivity contribution in [2.45, 2.75) is 11.8 Å². The van der Waals surface area contributed by atoms with Crippen LogP contribution in [0.4, 0.5) is 5.69 Å². The van der Waals surface area contributed by atoms with Gasteiger partial charge in [0.15, 0.2) is 0 Å². The zero-order valence-electron chi connectivity index (χ0n) is 14.0. The molecule has 0 bridgehead atoms. The molecule has 3 aromatic rings. The van der Waals surface area contributed by atoms with Gasteiger partial charge in [-0.1, -0.05) is 30.3 Å². The second-order valence-corrected chi connectivity index (χ2v) is 7.38. The zero-order valence-corrected chi connectivity index (χ0v) is 14.8. The van der Waals surface area contributed by atoms with Crippen molar-refractivity contribution < 1.29 is 13.5 Å². The lowest BCUT2D eigenvalue weighted by Gasteiger charge is -2.06. The highest BCUT2D eigenvalue weighted by Crippen LogP contribution is 2.26. The highest BCUT2D eigenvalue weighted by atomic mass is 32.2. The van der Waals surface area contributed by atoms with E-state index in [0.717, 1.165) is 10.8 Å². The number of benzene rings is 3. The molecule has 0 atom stereocenters. The first kappa shape index (κ1) is 17.6. The van der Waals surface area contributed by atoms with Crippen LogP contribution < -0.4 is 4.72 Å². The van der Waals surface area contributed by atoms with E-state index in [1.54, 1.807) is 24.4 Å². The third-order valence-electron chi connectivity index (χ3n) is 3.72. The van der Waals surface area contributed by atoms with Crippen molar-refractivity contribution in [1.29, 1.82) is 5.41 Å². The Morgan fingerprint density at radius 1 is 1.08 bits per heavy atom. The molecule has 0 aromatic heterocycles. The topological polar surface area (TPSA) is 103 Å². The first-order valence-corrected chi connectivity index (χ1v) is 9.28. The van der Waals surface area contributed by atoms with Crippen LogP contribution in [0.2, 0.25) is 0 Å². The Morgan fingerprint density at radius 2 is 1.77 bits per heavy atom. The molecule has 0 fully saturated rings. The van der Waals surface area contributed by atoms with E-state index in [1.807, 2.05) is 30.3 Å². The molecule has 3 rings (SSSR count). The maximum atomic E-state index is 12.0. The standard InChI is InChI=1S/C19H17N3O3S/c1-13(20)22-26(24,25)16-9-7-15(8-10-16)21-12-18-17-5-3-2-4-14(17)6-11-19(18)23/h2-12,23H,1H3,(H2,20,22)/b21-12+. The molecule has 0 heterocycles. The summed E-state index contributed by atoms with van der Waals surface area (Å²) in [5.74, 6) is -0.0316. The molecule has 132 valence electrons. The smallest absolute Gasteiger partial charge is 0.262 e. The number of amidine groups is 1. The fourth-order valence-electron chi connectivity index (χ4n) is 2.53. The molecule has 3 N–H and O–H groups in total. The highest BCUT2D eigenvalue weighted by Gasteiger charge is 2.13. The maximum Gasteiger partial charge on any atom is 0.262 e. The molecule has 0 radical (unpaired) electrons. The molecule has 0 aliphatic carbocycles. The summed E-state index contributed by atoms with van der Waals surface area (Å²) >= 11 is 0. The van der Waals surface area contributed by atoms with Gasteiger partial charge in [-0.25, -0.2) is 8.42 Å². The molecule has 3 aromatic carbocycles. The van der Waals surface area contributed by atoms with E-state index in [2.05, 4.69) is 9.71 Å². The van der Waals surface area contributed by atoms with Gasteiger partial charge in [0.1, 0.15) is 11.6 Å². The fraction of sp³-hybridized carbons (Fsp3) is 0.0526. The second kappa shape index (κ2) is 6.97. The van der Waals surface area contributed by atoms with Crippen LogP contribution in [0, 0.1) is 5.41 Å². The monoisotopic (exact) mass is 367 g/mol. The number of phenolic OH excluding ortho intramolecular Hbond substituents is 1. The lowest BCUT2D eigenvalue weighted by molar-refractivity contribution is 0.475. The lowest BCUT2D eigenvalue weighted by Crippen LogP contribution is -2.27. The van der Waals surface area contributed by atoms with E-state index in [-0.39, 0.29) is 16.5 Å². The van der Waals surface area contributed by atoms with Crippen LogP contribution in [0.15, 0.2) is 70.6 Å². The van der Waals surface area contributed by atoms with E-state index < -0.39 is 10.0 Å². The molecule has 0 amide bonds. The molecule has 0 aliphatic rings. The minimum absolute atomic E-state index is 0.0519. The van der Waals surface area contributed by atoms with Crippen LogP contribution in [0.25, 0.3) is 10.8 Å². The number of sulfonamides is 1. The number of phenols is 1. The number of nitrogens with zero attached hydrogens (tertiary/aromatic N) is 1. The van der Waals surface area contributed by atoms with Gasteiger partial charge in [-0.2, -0.15) is 0 Å². The van der Waals surface area contributed by atoms with Crippen LogP contribution in [0.5, 0.6) is 5.75 Å². The average Bonchev–Trinajstić information content (AvgIpc) is 2.60. The molecule has 26 heavy (non-hydrogen) atoms. The van der Waals surface area contributed by atoms with Crippen LogP contribution in [0.3, 0.4) is 0 Å². The van der Waals surface area contributed by atoms with Crippen molar-refractivity contribution in [3.63, 3.8) is 0 Å². The van der Waals surface area contributed by atoms with Crippen LogP contribution in [-0.4, -0.2) is 25.6 Å². The summed E-state index contributed by atoms with van der Waals surface area (Å²) in [6, 6.07) is 17.1. The largest absolute Gasteiger partial charge is 0.507 e. The van der Waals surface area contributed by atoms with Crippen LogP contribution in [0.1, 0.15) is 12.5 Å². The number of aliphatic imine (C=N–C) groups is 1. The van der Waals surface area contributed by atoms with Crippen LogP contribution in [-0.2, 0) is 10.0 Å². The SMILES string of the molecule is CC(=N)NS(=O)(=O)c1ccc(/N=C/c2c(O)ccc3ccccc23)cc1. The Bertz CT molecular complexity index is 1100. The number of hydrogen-bond donors (Lipinski definition) is 3. The molecule has 6 nitrogen and oxygen atoms in total. The number of rotatable bonds is 4. The summed E-state index contributed by atoms with van der Waals surface area (Å²) in [5.41, 5.74) is 1.14. The summed E-state index contributed by atoms with van der Waals surface area (Å²) in [4.78, 5) is 4.38. The van der Waals surface area contributed by atoms with Gasteiger partial charge >= 0.3 is 0 Å². The molecule has 0 aliphatic heterocycles. The minimum atomic E-state index is -3.75. The first-order chi connectivity index (χ1) is 12.4. The van der Waals surface area contributed by atoms with E-state index in [9.17, 15) is 13.5 Å². The first-order valence-electron chi connectivity index (χ1n) is 7.80. The van der Waals surface area contributed by atoms with E-state index in [4.69, 9.17) is 5.41 Å². The molecular formula is C19H17N3O3S. The van der Waals surface area contributed by atoms with E-state index in [0.29, 0.717) is 11.3 Å². The third kappa shape index (κ3) is 3.73. The Balaban J connectivity index is 1.91. The molecular weight excluding hydrogens is 350 g/mol. The predicted molar refractivity (Wildman–Crippen MR) is 103 cm³/mol. The average molecular weight is 367 g/mol. The quantitative estimate of drug-likeness (QED) is 0.485. The van der Waals surface area contributed by atoms with Gasteiger partial charge in [0.2, 0.25) is 0 Å². The van der Waals surface area contributed by atoms with E-state index in [1.165, 1.54) is 19.1 Å². The summed E-state index contributed by atoms with van der Waals surface area (Å²) in [7, 11) is -3.75. The van der Waals surface area contributed by atoms with Gasteiger partial charge in [0.05, 0.1) is 10.6 Å². The lowest BCUT2D eigenvalue weighted by atomic mass is 10.0. The van der Waals surface area contributed by atoms with Crippen molar-refractivity contribution in [3.05, 3.63) is 66.2 Å². The summed E-state index contributed by atoms with van der Waals surface area (Å²) < 4.78 is 26.1. The maximum absolute atomic E-state index is 12.0. The highest BCUT2D eigenvalue weighted by molar-refractivity contribution is 7.90. The molecule has 0 saturated heterocycles. The van der Waals surface area contributed by atoms with Crippen LogP contribution >= 0.6 is 0 Å². The van der Waals surface area contributed by atoms with Crippen molar-refractivity contribution in [3.8, 4) is 5.75 Å². The molecule has 0 saturated carbocycles. The van der Waals surface area contributed by atoms with Crippen molar-refractivity contribution in [2.24, 2.45) is 4.99 Å².